The monoisotopic (exact) mass is 249 g/mol. The Kier molecular flexibility index (Phi) is 6.42. The second-order valence-electron chi connectivity index (χ2n) is 4.04. The fourth-order valence-corrected chi connectivity index (χ4v) is 1.70. The second-order valence-corrected chi connectivity index (χ2v) is 4.04. The van der Waals surface area contributed by atoms with Gasteiger partial charge in [0, 0.05) is 18.5 Å². The van der Waals surface area contributed by atoms with Gasteiger partial charge in [-0.25, -0.2) is 4.39 Å². The van der Waals surface area contributed by atoms with Crippen LogP contribution in [0.1, 0.15) is 31.4 Å². The minimum absolute atomic E-state index is 0.0354. The largest absolute Gasteiger partial charge is 0.395 e. The van der Waals surface area contributed by atoms with E-state index in [0.717, 1.165) is 30.8 Å². The van der Waals surface area contributed by atoms with E-state index in [0.29, 0.717) is 6.42 Å². The molecule has 0 aliphatic carbocycles. The van der Waals surface area contributed by atoms with Crippen molar-refractivity contribution in [2.75, 3.05) is 19.7 Å². The minimum atomic E-state index is -0.272. The molecule has 0 heterocycles. The standard InChI is InChI=1S/C15H20FNO/c1-3-17(4-2)12-14-8-9-15(16)11-13(14)7-5-6-10-18/h8-9,11,18H,3-4,6,10,12H2,1-2H3. The molecule has 1 rings (SSSR count). The smallest absolute Gasteiger partial charge is 0.124 e. The first-order valence-electron chi connectivity index (χ1n) is 6.31. The van der Waals surface area contributed by atoms with Gasteiger partial charge in [-0.3, -0.25) is 4.90 Å². The maximum absolute atomic E-state index is 13.2. The van der Waals surface area contributed by atoms with Crippen LogP contribution in [-0.2, 0) is 6.54 Å². The minimum Gasteiger partial charge on any atom is -0.395 e. The zero-order chi connectivity index (χ0) is 13.4. The summed E-state index contributed by atoms with van der Waals surface area (Å²) in [4.78, 5) is 2.25. The van der Waals surface area contributed by atoms with Crippen molar-refractivity contribution >= 4 is 0 Å². The molecular formula is C15H20FNO. The Morgan fingerprint density at radius 3 is 2.61 bits per heavy atom. The fourth-order valence-electron chi connectivity index (χ4n) is 1.70. The predicted octanol–water partition coefficient (Wildman–Crippen LogP) is 2.40. The van der Waals surface area contributed by atoms with E-state index in [9.17, 15) is 4.39 Å². The Labute approximate surface area is 108 Å². The van der Waals surface area contributed by atoms with E-state index in [1.807, 2.05) is 0 Å². The van der Waals surface area contributed by atoms with Crippen molar-refractivity contribution in [1.82, 2.24) is 4.90 Å². The molecule has 2 nitrogen and oxygen atoms in total. The molecule has 98 valence electrons. The Balaban J connectivity index is 2.93. The molecule has 3 heteroatoms. The van der Waals surface area contributed by atoms with E-state index in [4.69, 9.17) is 5.11 Å². The number of rotatable bonds is 5. The quantitative estimate of drug-likeness (QED) is 0.810. The lowest BCUT2D eigenvalue weighted by atomic mass is 10.1. The van der Waals surface area contributed by atoms with Gasteiger partial charge in [0.2, 0.25) is 0 Å². The van der Waals surface area contributed by atoms with Crippen LogP contribution >= 0.6 is 0 Å². The molecule has 0 aromatic heterocycles. The molecular weight excluding hydrogens is 229 g/mol. The van der Waals surface area contributed by atoms with Crippen LogP contribution in [0.25, 0.3) is 0 Å². The average Bonchev–Trinajstić information content (AvgIpc) is 2.38. The number of nitrogens with zero attached hydrogens (tertiary/aromatic N) is 1. The van der Waals surface area contributed by atoms with Crippen molar-refractivity contribution in [2.45, 2.75) is 26.8 Å². The molecule has 0 radical (unpaired) electrons. The molecule has 0 unspecified atom stereocenters. The SMILES string of the molecule is CCN(CC)Cc1ccc(F)cc1C#CCCO. The summed E-state index contributed by atoms with van der Waals surface area (Å²) in [5, 5.41) is 8.70. The third-order valence-corrected chi connectivity index (χ3v) is 2.82. The van der Waals surface area contributed by atoms with Gasteiger partial charge in [0.05, 0.1) is 6.61 Å². The summed E-state index contributed by atoms with van der Waals surface area (Å²) in [6.45, 7) is 6.92. The number of benzene rings is 1. The molecule has 18 heavy (non-hydrogen) atoms. The summed E-state index contributed by atoms with van der Waals surface area (Å²) in [6.07, 6.45) is 0.418. The highest BCUT2D eigenvalue weighted by Gasteiger charge is 2.06. The zero-order valence-corrected chi connectivity index (χ0v) is 11.0. The summed E-state index contributed by atoms with van der Waals surface area (Å²) in [5.74, 6) is 5.50. The van der Waals surface area contributed by atoms with E-state index in [2.05, 4.69) is 30.6 Å². The normalized spacial score (nSPS) is 10.3. The van der Waals surface area contributed by atoms with Gasteiger partial charge < -0.3 is 5.11 Å². The van der Waals surface area contributed by atoms with Crippen molar-refractivity contribution in [1.29, 1.82) is 0 Å². The molecule has 0 bridgehead atoms. The maximum atomic E-state index is 13.2. The van der Waals surface area contributed by atoms with Crippen LogP contribution in [0.2, 0.25) is 0 Å². The highest BCUT2D eigenvalue weighted by Crippen LogP contribution is 2.13. The van der Waals surface area contributed by atoms with Crippen molar-refractivity contribution < 1.29 is 9.50 Å². The molecule has 0 saturated carbocycles. The predicted molar refractivity (Wildman–Crippen MR) is 71.6 cm³/mol. The number of hydrogen-bond acceptors (Lipinski definition) is 2. The molecule has 0 saturated heterocycles. The van der Waals surface area contributed by atoms with Crippen LogP contribution in [-0.4, -0.2) is 29.7 Å². The third-order valence-electron chi connectivity index (χ3n) is 2.82. The number of aliphatic hydroxyl groups excluding tert-OH is 1. The first kappa shape index (κ1) is 14.7. The van der Waals surface area contributed by atoms with Gasteiger partial charge in [0.15, 0.2) is 0 Å². The Morgan fingerprint density at radius 2 is 2.00 bits per heavy atom. The summed E-state index contributed by atoms with van der Waals surface area (Å²) in [5.41, 5.74) is 1.75. The van der Waals surface area contributed by atoms with E-state index in [1.165, 1.54) is 12.1 Å². The average molecular weight is 249 g/mol. The van der Waals surface area contributed by atoms with Crippen LogP contribution in [0, 0.1) is 17.7 Å². The van der Waals surface area contributed by atoms with Gasteiger partial charge in [-0.05, 0) is 30.8 Å². The zero-order valence-electron chi connectivity index (χ0n) is 11.0. The Bertz CT molecular complexity index is 430. The van der Waals surface area contributed by atoms with Gasteiger partial charge in [0.25, 0.3) is 0 Å². The first-order chi connectivity index (χ1) is 8.71. The highest BCUT2D eigenvalue weighted by atomic mass is 19.1. The van der Waals surface area contributed by atoms with Gasteiger partial charge in [0.1, 0.15) is 5.82 Å². The second kappa shape index (κ2) is 7.86. The van der Waals surface area contributed by atoms with Gasteiger partial charge in [-0.15, -0.1) is 0 Å². The lowest BCUT2D eigenvalue weighted by molar-refractivity contribution is 0.295. The molecule has 0 aliphatic heterocycles. The van der Waals surface area contributed by atoms with Crippen LogP contribution < -0.4 is 0 Å². The number of halogens is 1. The third kappa shape index (κ3) is 4.48. The van der Waals surface area contributed by atoms with Crippen molar-refractivity contribution in [3.05, 3.63) is 35.1 Å². The van der Waals surface area contributed by atoms with Crippen LogP contribution in [0.4, 0.5) is 4.39 Å². The molecule has 1 aromatic carbocycles. The van der Waals surface area contributed by atoms with E-state index in [-0.39, 0.29) is 12.4 Å². The number of hydrogen-bond donors (Lipinski definition) is 1. The van der Waals surface area contributed by atoms with E-state index < -0.39 is 0 Å². The molecule has 0 aliphatic rings. The lowest BCUT2D eigenvalue weighted by Crippen LogP contribution is -2.22. The van der Waals surface area contributed by atoms with Gasteiger partial charge >= 0.3 is 0 Å². The Hall–Kier alpha value is -1.37. The lowest BCUT2D eigenvalue weighted by Gasteiger charge is -2.18. The molecule has 0 amide bonds. The molecule has 1 N–H and O–H groups in total. The first-order valence-corrected chi connectivity index (χ1v) is 6.31. The fraction of sp³-hybridized carbons (Fsp3) is 0.467. The molecule has 0 atom stereocenters. The summed E-state index contributed by atoms with van der Waals surface area (Å²) in [7, 11) is 0. The van der Waals surface area contributed by atoms with Crippen LogP contribution in [0.5, 0.6) is 0 Å². The van der Waals surface area contributed by atoms with Crippen LogP contribution in [0.15, 0.2) is 18.2 Å². The summed E-state index contributed by atoms with van der Waals surface area (Å²) >= 11 is 0. The maximum Gasteiger partial charge on any atom is 0.124 e. The number of aliphatic hydroxyl groups is 1. The van der Waals surface area contributed by atoms with Gasteiger partial charge in [-0.1, -0.05) is 31.8 Å². The van der Waals surface area contributed by atoms with Crippen molar-refractivity contribution in [3.8, 4) is 11.8 Å². The van der Waals surface area contributed by atoms with Crippen molar-refractivity contribution in [3.63, 3.8) is 0 Å². The Morgan fingerprint density at radius 1 is 1.28 bits per heavy atom. The molecule has 0 fully saturated rings. The molecule has 0 spiro atoms. The topological polar surface area (TPSA) is 23.5 Å². The summed E-state index contributed by atoms with van der Waals surface area (Å²) < 4.78 is 13.2. The van der Waals surface area contributed by atoms with Crippen molar-refractivity contribution in [2.24, 2.45) is 0 Å². The van der Waals surface area contributed by atoms with Gasteiger partial charge in [-0.2, -0.15) is 0 Å². The van der Waals surface area contributed by atoms with E-state index >= 15 is 0 Å². The van der Waals surface area contributed by atoms with E-state index in [1.54, 1.807) is 6.07 Å². The summed E-state index contributed by atoms with van der Waals surface area (Å²) in [6, 6.07) is 4.72. The molecule has 1 aromatic rings. The highest BCUT2D eigenvalue weighted by molar-refractivity contribution is 5.41. The van der Waals surface area contributed by atoms with Crippen LogP contribution in [0.3, 0.4) is 0 Å².